The third-order valence-electron chi connectivity index (χ3n) is 4.73. The number of hydrogen-bond donors (Lipinski definition) is 1. The van der Waals surface area contributed by atoms with Crippen molar-refractivity contribution < 1.29 is 9.72 Å². The number of carbonyl (C=O) groups excluding carboxylic acids is 1. The second-order valence-electron chi connectivity index (χ2n) is 6.47. The molecule has 0 unspecified atom stereocenters. The number of benzene rings is 2. The number of rotatable bonds is 5. The summed E-state index contributed by atoms with van der Waals surface area (Å²) in [5.74, 6) is -0.171. The van der Waals surface area contributed by atoms with Gasteiger partial charge >= 0.3 is 0 Å². The molecular weight excluding hydrogens is 318 g/mol. The van der Waals surface area contributed by atoms with Crippen molar-refractivity contribution in [3.8, 4) is 0 Å². The number of anilines is 1. The van der Waals surface area contributed by atoms with E-state index >= 15 is 0 Å². The minimum Gasteiger partial charge on any atom is -0.324 e. The summed E-state index contributed by atoms with van der Waals surface area (Å²) in [4.78, 5) is 24.9. The number of nitrogens with zero attached hydrogens (tertiary/aromatic N) is 2. The summed E-state index contributed by atoms with van der Waals surface area (Å²) >= 11 is 0. The van der Waals surface area contributed by atoms with E-state index in [9.17, 15) is 14.9 Å². The van der Waals surface area contributed by atoms with Crippen LogP contribution in [0.4, 0.5) is 11.4 Å². The second-order valence-corrected chi connectivity index (χ2v) is 6.47. The van der Waals surface area contributed by atoms with Crippen LogP contribution in [0.1, 0.15) is 29.2 Å². The Labute approximate surface area is 146 Å². The molecule has 25 heavy (non-hydrogen) atoms. The predicted octanol–water partition coefficient (Wildman–Crippen LogP) is 3.46. The maximum atomic E-state index is 12.4. The van der Waals surface area contributed by atoms with Crippen LogP contribution in [-0.4, -0.2) is 29.3 Å². The third kappa shape index (κ3) is 3.69. The highest BCUT2D eigenvalue weighted by atomic mass is 16.6. The van der Waals surface area contributed by atoms with Gasteiger partial charge in [0.1, 0.15) is 0 Å². The number of carbonyl (C=O) groups is 1. The van der Waals surface area contributed by atoms with E-state index in [1.807, 2.05) is 31.0 Å². The number of aryl methyl sites for hydroxylation is 2. The van der Waals surface area contributed by atoms with Crippen molar-refractivity contribution in [2.24, 2.45) is 0 Å². The number of nitro benzene ring substituents is 1. The first kappa shape index (κ1) is 17.1. The van der Waals surface area contributed by atoms with Gasteiger partial charge in [-0.25, -0.2) is 0 Å². The molecule has 0 bridgehead atoms. The molecule has 6 nitrogen and oxygen atoms in total. The molecule has 0 radical (unpaired) electrons. The maximum absolute atomic E-state index is 12.4. The molecule has 2 aromatic carbocycles. The van der Waals surface area contributed by atoms with E-state index in [4.69, 9.17) is 0 Å². The van der Waals surface area contributed by atoms with Crippen molar-refractivity contribution in [1.29, 1.82) is 0 Å². The van der Waals surface area contributed by atoms with Crippen molar-refractivity contribution in [3.05, 3.63) is 69.3 Å². The standard InChI is InChI=1S/C19H21N3O3/c1-13-7-9-15(22(24)25)11-17(13)20-19(23)12-21(2)18-10-8-14-5-3-4-6-16(14)18/h3-7,9,11,18H,8,10,12H2,1-2H3,(H,20,23)/t18-/m0/s1. The van der Waals surface area contributed by atoms with Crippen LogP contribution in [0.2, 0.25) is 0 Å². The van der Waals surface area contributed by atoms with Crippen LogP contribution >= 0.6 is 0 Å². The number of hydrogen-bond acceptors (Lipinski definition) is 4. The lowest BCUT2D eigenvalue weighted by Crippen LogP contribution is -2.32. The van der Waals surface area contributed by atoms with Gasteiger partial charge in [-0.2, -0.15) is 0 Å². The normalized spacial score (nSPS) is 15.9. The third-order valence-corrected chi connectivity index (χ3v) is 4.73. The molecule has 1 N–H and O–H groups in total. The minimum absolute atomic E-state index is 0.0287. The van der Waals surface area contributed by atoms with E-state index in [1.165, 1.54) is 23.3 Å². The van der Waals surface area contributed by atoms with E-state index in [0.717, 1.165) is 18.4 Å². The highest BCUT2D eigenvalue weighted by Crippen LogP contribution is 2.34. The summed E-state index contributed by atoms with van der Waals surface area (Å²) in [6.45, 7) is 2.05. The lowest BCUT2D eigenvalue weighted by molar-refractivity contribution is -0.384. The zero-order chi connectivity index (χ0) is 18.0. The molecule has 1 amide bonds. The van der Waals surface area contributed by atoms with Gasteiger partial charge in [0.2, 0.25) is 5.91 Å². The fraction of sp³-hybridized carbons (Fsp3) is 0.316. The van der Waals surface area contributed by atoms with Crippen molar-refractivity contribution in [2.45, 2.75) is 25.8 Å². The van der Waals surface area contributed by atoms with Gasteiger partial charge in [0, 0.05) is 18.2 Å². The zero-order valence-corrected chi connectivity index (χ0v) is 14.4. The largest absolute Gasteiger partial charge is 0.324 e. The Morgan fingerprint density at radius 1 is 1.32 bits per heavy atom. The highest BCUT2D eigenvalue weighted by Gasteiger charge is 2.26. The molecule has 0 heterocycles. The molecule has 0 fully saturated rings. The molecule has 0 saturated carbocycles. The fourth-order valence-electron chi connectivity index (χ4n) is 3.38. The minimum atomic E-state index is -0.462. The highest BCUT2D eigenvalue weighted by molar-refractivity contribution is 5.93. The van der Waals surface area contributed by atoms with Gasteiger partial charge in [0.25, 0.3) is 5.69 Å². The van der Waals surface area contributed by atoms with E-state index in [1.54, 1.807) is 6.07 Å². The Bertz CT molecular complexity index is 819. The fourth-order valence-corrected chi connectivity index (χ4v) is 3.38. The van der Waals surface area contributed by atoms with Gasteiger partial charge in [-0.3, -0.25) is 19.8 Å². The number of fused-ring (bicyclic) bond motifs is 1. The van der Waals surface area contributed by atoms with Crippen LogP contribution in [0.3, 0.4) is 0 Å². The van der Waals surface area contributed by atoms with Crippen LogP contribution < -0.4 is 5.32 Å². The topological polar surface area (TPSA) is 75.5 Å². The number of likely N-dealkylation sites (N-methyl/N-ethyl adjacent to an activating group) is 1. The molecule has 0 spiro atoms. The molecule has 1 atom stereocenters. The van der Waals surface area contributed by atoms with Crippen molar-refractivity contribution >= 4 is 17.3 Å². The Morgan fingerprint density at radius 2 is 2.08 bits per heavy atom. The number of non-ortho nitro benzene ring substituents is 1. The van der Waals surface area contributed by atoms with Gasteiger partial charge < -0.3 is 5.32 Å². The Balaban J connectivity index is 1.67. The summed E-state index contributed by atoms with van der Waals surface area (Å²) in [6.07, 6.45) is 2.02. The molecular formula is C19H21N3O3. The average molecular weight is 339 g/mol. The molecule has 130 valence electrons. The molecule has 3 rings (SSSR count). The molecule has 1 aliphatic carbocycles. The Kier molecular flexibility index (Phi) is 4.81. The lowest BCUT2D eigenvalue weighted by atomic mass is 10.1. The Hall–Kier alpha value is -2.73. The van der Waals surface area contributed by atoms with Gasteiger partial charge in [-0.15, -0.1) is 0 Å². The number of nitro groups is 1. The summed E-state index contributed by atoms with van der Waals surface area (Å²) in [6, 6.07) is 13.0. The van der Waals surface area contributed by atoms with Gasteiger partial charge in [-0.1, -0.05) is 30.3 Å². The smallest absolute Gasteiger partial charge is 0.271 e. The number of amides is 1. The van der Waals surface area contributed by atoms with E-state index in [0.29, 0.717) is 5.69 Å². The average Bonchev–Trinajstić information content (AvgIpc) is 3.00. The lowest BCUT2D eigenvalue weighted by Gasteiger charge is -2.24. The summed E-state index contributed by atoms with van der Waals surface area (Å²) in [5.41, 5.74) is 3.88. The van der Waals surface area contributed by atoms with Crippen molar-refractivity contribution in [1.82, 2.24) is 4.90 Å². The van der Waals surface area contributed by atoms with Crippen molar-refractivity contribution in [3.63, 3.8) is 0 Å². The first-order valence-corrected chi connectivity index (χ1v) is 8.28. The quantitative estimate of drug-likeness (QED) is 0.668. The molecule has 0 aliphatic heterocycles. The maximum Gasteiger partial charge on any atom is 0.271 e. The zero-order valence-electron chi connectivity index (χ0n) is 14.4. The van der Waals surface area contributed by atoms with E-state index in [-0.39, 0.29) is 24.2 Å². The SMILES string of the molecule is Cc1ccc([N+](=O)[O-])cc1NC(=O)CN(C)[C@H]1CCc2ccccc21. The van der Waals surface area contributed by atoms with Crippen LogP contribution in [0.15, 0.2) is 42.5 Å². The monoisotopic (exact) mass is 339 g/mol. The molecule has 6 heteroatoms. The van der Waals surface area contributed by atoms with Crippen molar-refractivity contribution in [2.75, 3.05) is 18.9 Å². The van der Waals surface area contributed by atoms with Crippen LogP contribution in [0, 0.1) is 17.0 Å². The summed E-state index contributed by atoms with van der Waals surface area (Å²) in [7, 11) is 1.94. The number of nitrogens with one attached hydrogen (secondary N) is 1. The van der Waals surface area contributed by atoms with Crippen LogP contribution in [0.5, 0.6) is 0 Å². The predicted molar refractivity (Wildman–Crippen MR) is 96.6 cm³/mol. The molecule has 1 aliphatic rings. The first-order chi connectivity index (χ1) is 12.0. The van der Waals surface area contributed by atoms with Gasteiger partial charge in [-0.05, 0) is 43.5 Å². The second kappa shape index (κ2) is 7.03. The van der Waals surface area contributed by atoms with Gasteiger partial charge in [0.15, 0.2) is 0 Å². The Morgan fingerprint density at radius 3 is 2.84 bits per heavy atom. The van der Waals surface area contributed by atoms with Crippen LogP contribution in [-0.2, 0) is 11.2 Å². The first-order valence-electron chi connectivity index (χ1n) is 8.28. The van der Waals surface area contributed by atoms with E-state index < -0.39 is 4.92 Å². The summed E-state index contributed by atoms with van der Waals surface area (Å²) < 4.78 is 0. The summed E-state index contributed by atoms with van der Waals surface area (Å²) in [5, 5.41) is 13.7. The van der Waals surface area contributed by atoms with E-state index in [2.05, 4.69) is 17.4 Å². The molecule has 0 saturated heterocycles. The molecule has 0 aromatic heterocycles. The van der Waals surface area contributed by atoms with Crippen LogP contribution in [0.25, 0.3) is 0 Å². The van der Waals surface area contributed by atoms with Gasteiger partial charge in [0.05, 0.1) is 17.2 Å². The molecule has 2 aromatic rings.